The Balaban J connectivity index is 0. The third-order valence-electron chi connectivity index (χ3n) is 0.508. The molecule has 11 heavy (non-hydrogen) atoms. The van der Waals surface area contributed by atoms with E-state index in [4.69, 9.17) is 9.90 Å². The molecule has 0 aromatic rings. The lowest BCUT2D eigenvalue weighted by molar-refractivity contribution is 0.0924. The summed E-state index contributed by atoms with van der Waals surface area (Å²) in [6.07, 6.45) is -1.90. The average molecular weight is 166 g/mol. The van der Waals surface area contributed by atoms with Gasteiger partial charge in [-0.3, -0.25) is 0 Å². The van der Waals surface area contributed by atoms with Gasteiger partial charge in [-0.25, -0.2) is 9.59 Å². The van der Waals surface area contributed by atoms with E-state index in [0.29, 0.717) is 0 Å². The molecule has 66 valence electrons. The van der Waals surface area contributed by atoms with Crippen LogP contribution in [-0.4, -0.2) is 38.7 Å². The van der Waals surface area contributed by atoms with E-state index in [9.17, 15) is 4.79 Å². The summed E-state index contributed by atoms with van der Waals surface area (Å²) in [5.74, 6) is 0. The summed E-state index contributed by atoms with van der Waals surface area (Å²) in [4.78, 5) is 18.9. The molecule has 0 rings (SSSR count). The first-order chi connectivity index (χ1) is 5.08. The van der Waals surface area contributed by atoms with Crippen LogP contribution in [0.15, 0.2) is 0 Å². The van der Waals surface area contributed by atoms with Crippen molar-refractivity contribution < 1.29 is 28.9 Å². The molecule has 0 unspecified atom stereocenters. The number of carbonyl (C=O) groups is 2. The number of ether oxygens (including phenoxy) is 3. The molecule has 0 bridgehead atoms. The Kier molecular flexibility index (Phi) is 9.50. The van der Waals surface area contributed by atoms with Gasteiger partial charge in [0, 0.05) is 0 Å². The molecule has 6 heteroatoms. The highest BCUT2D eigenvalue weighted by atomic mass is 16.7. The highest BCUT2D eigenvalue weighted by Gasteiger charge is 1.88. The fourth-order valence-corrected chi connectivity index (χ4v) is 0.0833. The Morgan fingerprint density at radius 2 is 1.27 bits per heavy atom. The number of hydrogen-bond donors (Lipinski definition) is 1. The SMILES string of the molecule is COC(=O)O.COC(=O)OC. The van der Waals surface area contributed by atoms with E-state index in [1.165, 1.54) is 14.2 Å². The van der Waals surface area contributed by atoms with Gasteiger partial charge >= 0.3 is 12.3 Å². The predicted molar refractivity (Wildman–Crippen MR) is 34.4 cm³/mol. The minimum Gasteiger partial charge on any atom is -0.450 e. The molecule has 0 radical (unpaired) electrons. The second-order valence-corrected chi connectivity index (χ2v) is 1.13. The molecule has 0 aromatic carbocycles. The summed E-state index contributed by atoms with van der Waals surface area (Å²) >= 11 is 0. The molecule has 0 spiro atoms. The molecule has 0 heterocycles. The zero-order valence-electron chi connectivity index (χ0n) is 6.49. The summed E-state index contributed by atoms with van der Waals surface area (Å²) < 4.78 is 11.7. The van der Waals surface area contributed by atoms with Crippen LogP contribution in [0.25, 0.3) is 0 Å². The maximum atomic E-state index is 9.74. The molecule has 0 aromatic heterocycles. The average Bonchev–Trinajstić information content (AvgIpc) is 2.04. The van der Waals surface area contributed by atoms with Crippen LogP contribution < -0.4 is 0 Å². The van der Waals surface area contributed by atoms with E-state index in [2.05, 4.69) is 14.2 Å². The van der Waals surface area contributed by atoms with Crippen LogP contribution in [0.4, 0.5) is 9.59 Å². The summed E-state index contributed by atoms with van der Waals surface area (Å²) in [5, 5.41) is 7.50. The highest BCUT2D eigenvalue weighted by molar-refractivity contribution is 5.59. The maximum Gasteiger partial charge on any atom is 0.507 e. The van der Waals surface area contributed by atoms with Crippen LogP contribution in [0.1, 0.15) is 0 Å². The van der Waals surface area contributed by atoms with Crippen molar-refractivity contribution in [1.82, 2.24) is 0 Å². The van der Waals surface area contributed by atoms with Crippen molar-refractivity contribution in [2.45, 2.75) is 0 Å². The van der Waals surface area contributed by atoms with Crippen molar-refractivity contribution in [1.29, 1.82) is 0 Å². The third kappa shape index (κ3) is 17.7. The number of methoxy groups -OCH3 is 3. The fourth-order valence-electron chi connectivity index (χ4n) is 0.0833. The summed E-state index contributed by atoms with van der Waals surface area (Å²) in [5.41, 5.74) is 0. The third-order valence-corrected chi connectivity index (χ3v) is 0.508. The summed E-state index contributed by atoms with van der Waals surface area (Å²) in [7, 11) is 3.61. The van der Waals surface area contributed by atoms with E-state index >= 15 is 0 Å². The first-order valence-electron chi connectivity index (χ1n) is 2.47. The summed E-state index contributed by atoms with van der Waals surface area (Å²) in [6, 6.07) is 0. The second-order valence-electron chi connectivity index (χ2n) is 1.13. The number of hydrogen-bond acceptors (Lipinski definition) is 5. The lowest BCUT2D eigenvalue weighted by Crippen LogP contribution is -1.97. The molecule has 0 saturated carbocycles. The first-order valence-corrected chi connectivity index (χ1v) is 2.47. The highest BCUT2D eigenvalue weighted by Crippen LogP contribution is 1.72. The molecule has 0 aliphatic rings. The predicted octanol–water partition coefficient (Wildman–Crippen LogP) is 0.710. The molecule has 0 aliphatic heterocycles. The first kappa shape index (κ1) is 12.2. The van der Waals surface area contributed by atoms with Crippen molar-refractivity contribution >= 4 is 12.3 Å². The van der Waals surface area contributed by atoms with Crippen LogP contribution in [0.5, 0.6) is 0 Å². The largest absolute Gasteiger partial charge is 0.507 e. The smallest absolute Gasteiger partial charge is 0.450 e. The Hall–Kier alpha value is -1.46. The van der Waals surface area contributed by atoms with E-state index in [0.717, 1.165) is 7.11 Å². The lowest BCUT2D eigenvalue weighted by Gasteiger charge is -1.89. The second kappa shape index (κ2) is 8.54. The zero-order valence-corrected chi connectivity index (χ0v) is 6.49. The molecule has 0 atom stereocenters. The van der Waals surface area contributed by atoms with Crippen molar-refractivity contribution in [3.8, 4) is 0 Å². The number of carboxylic acid groups (broad SMARTS) is 1. The standard InChI is InChI=1S/C3H6O3.C2H4O3/c1-5-3(4)6-2;1-5-2(3)4/h1-2H3;1H3,(H,3,4). The molecule has 0 aliphatic carbocycles. The normalized spacial score (nSPS) is 6.82. The molecule has 0 amide bonds. The minimum absolute atomic E-state index is 0.657. The monoisotopic (exact) mass is 166 g/mol. The van der Waals surface area contributed by atoms with Gasteiger partial charge in [-0.2, -0.15) is 0 Å². The van der Waals surface area contributed by atoms with Crippen molar-refractivity contribution in [3.63, 3.8) is 0 Å². The van der Waals surface area contributed by atoms with Crippen LogP contribution in [0.2, 0.25) is 0 Å². The van der Waals surface area contributed by atoms with Gasteiger partial charge < -0.3 is 19.3 Å². The molecule has 6 nitrogen and oxygen atoms in total. The number of rotatable bonds is 0. The van der Waals surface area contributed by atoms with Gasteiger partial charge in [0.15, 0.2) is 0 Å². The molecule has 1 N–H and O–H groups in total. The Morgan fingerprint density at radius 3 is 1.27 bits per heavy atom. The lowest BCUT2D eigenvalue weighted by atomic mass is 11.3. The molecular weight excluding hydrogens is 156 g/mol. The molecule has 0 fully saturated rings. The van der Waals surface area contributed by atoms with Crippen LogP contribution in [0, 0.1) is 0 Å². The van der Waals surface area contributed by atoms with Gasteiger partial charge in [0.2, 0.25) is 0 Å². The van der Waals surface area contributed by atoms with E-state index in [-0.39, 0.29) is 0 Å². The number of carbonyl (C=O) groups excluding carboxylic acids is 1. The van der Waals surface area contributed by atoms with E-state index in [1.807, 2.05) is 0 Å². The topological polar surface area (TPSA) is 82.1 Å². The Morgan fingerprint density at radius 1 is 1.00 bits per heavy atom. The maximum absolute atomic E-state index is 9.74. The minimum atomic E-state index is -1.25. The van der Waals surface area contributed by atoms with Crippen molar-refractivity contribution in [2.75, 3.05) is 21.3 Å². The van der Waals surface area contributed by atoms with Gasteiger partial charge in [0.25, 0.3) is 0 Å². The fraction of sp³-hybridized carbons (Fsp3) is 0.600. The van der Waals surface area contributed by atoms with E-state index < -0.39 is 12.3 Å². The molecule has 0 saturated heterocycles. The van der Waals surface area contributed by atoms with Gasteiger partial charge in [-0.05, 0) is 0 Å². The van der Waals surface area contributed by atoms with Gasteiger partial charge in [-0.1, -0.05) is 0 Å². The molecular formula is C5H10O6. The van der Waals surface area contributed by atoms with Gasteiger partial charge in [0.1, 0.15) is 0 Å². The quantitative estimate of drug-likeness (QED) is 0.533. The van der Waals surface area contributed by atoms with Crippen LogP contribution in [-0.2, 0) is 14.2 Å². The Labute approximate surface area is 63.7 Å². The van der Waals surface area contributed by atoms with Gasteiger partial charge in [-0.15, -0.1) is 0 Å². The van der Waals surface area contributed by atoms with Gasteiger partial charge in [0.05, 0.1) is 21.3 Å². The Bertz CT molecular complexity index is 114. The summed E-state index contributed by atoms with van der Waals surface area (Å²) in [6.45, 7) is 0. The van der Waals surface area contributed by atoms with Crippen molar-refractivity contribution in [3.05, 3.63) is 0 Å². The van der Waals surface area contributed by atoms with Crippen molar-refractivity contribution in [2.24, 2.45) is 0 Å². The van der Waals surface area contributed by atoms with Crippen LogP contribution >= 0.6 is 0 Å². The van der Waals surface area contributed by atoms with E-state index in [1.54, 1.807) is 0 Å². The van der Waals surface area contributed by atoms with Crippen LogP contribution in [0.3, 0.4) is 0 Å². The zero-order chi connectivity index (χ0) is 9.28.